The van der Waals surface area contributed by atoms with E-state index >= 15 is 0 Å². The highest BCUT2D eigenvalue weighted by molar-refractivity contribution is 7.89. The second kappa shape index (κ2) is 9.00. The average molecular weight is 383 g/mol. The summed E-state index contributed by atoms with van der Waals surface area (Å²) in [6.07, 6.45) is 3.58. The normalized spacial score (nSPS) is 15.9. The smallest absolute Gasteiger partial charge is 0.319 e. The summed E-state index contributed by atoms with van der Waals surface area (Å²) in [5.74, 6) is -1.01. The second-order valence-corrected chi connectivity index (χ2v) is 8.23. The van der Waals surface area contributed by atoms with Crippen molar-refractivity contribution < 1.29 is 23.1 Å². The molecule has 26 heavy (non-hydrogen) atoms. The molecule has 9 heteroatoms. The van der Waals surface area contributed by atoms with Gasteiger partial charge in [-0.3, -0.25) is 4.79 Å². The third-order valence-corrected chi connectivity index (χ3v) is 6.29. The molecule has 2 amide bonds. The maximum Gasteiger partial charge on any atom is 0.319 e. The Morgan fingerprint density at radius 3 is 2.42 bits per heavy atom. The number of amides is 2. The summed E-state index contributed by atoms with van der Waals surface area (Å²) in [6, 6.07) is 4.14. The quantitative estimate of drug-likeness (QED) is 0.696. The number of sulfonamides is 1. The fourth-order valence-corrected chi connectivity index (χ4v) is 4.60. The van der Waals surface area contributed by atoms with E-state index in [9.17, 15) is 18.0 Å². The van der Waals surface area contributed by atoms with Gasteiger partial charge in [-0.05, 0) is 37.5 Å². The molecule has 144 valence electrons. The first-order chi connectivity index (χ1) is 12.3. The zero-order valence-electron chi connectivity index (χ0n) is 14.8. The van der Waals surface area contributed by atoms with Gasteiger partial charge in [-0.1, -0.05) is 18.9 Å². The van der Waals surface area contributed by atoms with Gasteiger partial charge in [-0.15, -0.1) is 0 Å². The van der Waals surface area contributed by atoms with E-state index in [1.54, 1.807) is 19.1 Å². The van der Waals surface area contributed by atoms with Gasteiger partial charge in [0.15, 0.2) is 0 Å². The highest BCUT2D eigenvalue weighted by Crippen LogP contribution is 2.25. The molecular weight excluding hydrogens is 358 g/mol. The number of carbonyl (C=O) groups is 2. The first-order valence-electron chi connectivity index (χ1n) is 8.68. The molecule has 1 aliphatic rings. The first kappa shape index (κ1) is 20.2. The number of carboxylic acids is 1. The minimum absolute atomic E-state index is 0.00797. The predicted molar refractivity (Wildman–Crippen MR) is 97.7 cm³/mol. The van der Waals surface area contributed by atoms with Crippen molar-refractivity contribution in [2.75, 3.05) is 25.0 Å². The van der Waals surface area contributed by atoms with E-state index in [1.165, 1.54) is 10.4 Å². The Morgan fingerprint density at radius 1 is 1.15 bits per heavy atom. The lowest BCUT2D eigenvalue weighted by Gasteiger charge is -2.21. The molecule has 0 spiro atoms. The molecule has 8 nitrogen and oxygen atoms in total. The Morgan fingerprint density at radius 2 is 1.81 bits per heavy atom. The lowest BCUT2D eigenvalue weighted by Crippen LogP contribution is -2.33. The van der Waals surface area contributed by atoms with Gasteiger partial charge in [-0.2, -0.15) is 4.31 Å². The van der Waals surface area contributed by atoms with E-state index in [0.717, 1.165) is 25.7 Å². The molecule has 0 bridgehead atoms. The summed E-state index contributed by atoms with van der Waals surface area (Å²) in [4.78, 5) is 22.5. The Labute approximate surface area is 153 Å². The number of carbonyl (C=O) groups excluding carboxylic acids is 1. The van der Waals surface area contributed by atoms with Crippen molar-refractivity contribution in [3.05, 3.63) is 23.8 Å². The number of hydrogen-bond donors (Lipinski definition) is 3. The second-order valence-electron chi connectivity index (χ2n) is 6.32. The summed E-state index contributed by atoms with van der Waals surface area (Å²) >= 11 is 0. The van der Waals surface area contributed by atoms with Crippen LogP contribution >= 0.6 is 0 Å². The molecule has 0 aliphatic carbocycles. The van der Waals surface area contributed by atoms with Crippen LogP contribution in [0.5, 0.6) is 0 Å². The molecule has 1 aliphatic heterocycles. The van der Waals surface area contributed by atoms with E-state index in [1.807, 2.05) is 0 Å². The molecule has 0 saturated carbocycles. The van der Waals surface area contributed by atoms with Crippen molar-refractivity contribution in [3.63, 3.8) is 0 Å². The molecule has 2 rings (SSSR count). The van der Waals surface area contributed by atoms with Gasteiger partial charge in [-0.25, -0.2) is 13.2 Å². The number of urea groups is 1. The lowest BCUT2D eigenvalue weighted by atomic mass is 10.2. The standard InChI is InChI=1S/C17H25N3O5S/c1-13-6-7-14(19-17(23)18-9-8-16(21)22)12-15(13)26(24,25)20-10-4-2-3-5-11-20/h6-7,12H,2-5,8-11H2,1H3,(H,21,22)(H2,18,19,23). The number of hydrogen-bond acceptors (Lipinski definition) is 4. The van der Waals surface area contributed by atoms with E-state index < -0.39 is 22.0 Å². The van der Waals surface area contributed by atoms with Gasteiger partial charge in [0, 0.05) is 25.3 Å². The molecule has 1 saturated heterocycles. The molecule has 1 heterocycles. The van der Waals surface area contributed by atoms with Crippen LogP contribution in [0.3, 0.4) is 0 Å². The van der Waals surface area contributed by atoms with E-state index in [2.05, 4.69) is 10.6 Å². The number of nitrogens with one attached hydrogen (secondary N) is 2. The van der Waals surface area contributed by atoms with Crippen molar-refractivity contribution in [1.82, 2.24) is 9.62 Å². The van der Waals surface area contributed by atoms with Crippen molar-refractivity contribution in [3.8, 4) is 0 Å². The fraction of sp³-hybridized carbons (Fsp3) is 0.529. The number of nitrogens with zero attached hydrogens (tertiary/aromatic N) is 1. The number of anilines is 1. The van der Waals surface area contributed by atoms with Gasteiger partial charge in [0.25, 0.3) is 0 Å². The summed E-state index contributed by atoms with van der Waals surface area (Å²) in [6.45, 7) is 2.73. The first-order valence-corrected chi connectivity index (χ1v) is 10.1. The van der Waals surface area contributed by atoms with Crippen LogP contribution in [0.4, 0.5) is 10.5 Å². The summed E-state index contributed by atoms with van der Waals surface area (Å²) in [7, 11) is -3.62. The highest BCUT2D eigenvalue weighted by atomic mass is 32.2. The predicted octanol–water partition coefficient (Wildman–Crippen LogP) is 2.16. The topological polar surface area (TPSA) is 116 Å². The van der Waals surface area contributed by atoms with Crippen molar-refractivity contribution in [1.29, 1.82) is 0 Å². The maximum atomic E-state index is 13.0. The molecular formula is C17H25N3O5S. The zero-order chi connectivity index (χ0) is 19.2. The third-order valence-electron chi connectivity index (χ3n) is 4.25. The van der Waals surface area contributed by atoms with Crippen LogP contribution in [0.15, 0.2) is 23.1 Å². The minimum atomic E-state index is -3.62. The minimum Gasteiger partial charge on any atom is -0.481 e. The Kier molecular flexibility index (Phi) is 6.98. The van der Waals surface area contributed by atoms with Crippen LogP contribution in [0.25, 0.3) is 0 Å². The molecule has 0 aromatic heterocycles. The van der Waals surface area contributed by atoms with E-state index in [-0.39, 0.29) is 17.9 Å². The average Bonchev–Trinajstić information content (AvgIpc) is 2.86. The van der Waals surface area contributed by atoms with E-state index in [0.29, 0.717) is 24.3 Å². The lowest BCUT2D eigenvalue weighted by molar-refractivity contribution is -0.136. The molecule has 0 unspecified atom stereocenters. The SMILES string of the molecule is Cc1ccc(NC(=O)NCCC(=O)O)cc1S(=O)(=O)N1CCCCCC1. The number of benzene rings is 1. The van der Waals surface area contributed by atoms with Gasteiger partial charge >= 0.3 is 12.0 Å². The Bertz CT molecular complexity index is 756. The molecule has 1 aromatic carbocycles. The highest BCUT2D eigenvalue weighted by Gasteiger charge is 2.27. The summed E-state index contributed by atoms with van der Waals surface area (Å²) < 4.78 is 27.5. The number of aliphatic carboxylic acids is 1. The molecule has 3 N–H and O–H groups in total. The third kappa shape index (κ3) is 5.43. The Hall–Kier alpha value is -2.13. The van der Waals surface area contributed by atoms with Crippen LogP contribution in [0.2, 0.25) is 0 Å². The van der Waals surface area contributed by atoms with Gasteiger partial charge in [0.1, 0.15) is 0 Å². The number of rotatable bonds is 6. The molecule has 1 fully saturated rings. The molecule has 0 atom stereocenters. The van der Waals surface area contributed by atoms with Crippen molar-refractivity contribution in [2.24, 2.45) is 0 Å². The monoisotopic (exact) mass is 383 g/mol. The largest absolute Gasteiger partial charge is 0.481 e. The summed E-state index contributed by atoms with van der Waals surface area (Å²) in [5.41, 5.74) is 0.961. The van der Waals surface area contributed by atoms with Crippen LogP contribution in [-0.2, 0) is 14.8 Å². The van der Waals surface area contributed by atoms with Gasteiger partial charge in [0.2, 0.25) is 10.0 Å². The van der Waals surface area contributed by atoms with Crippen molar-refractivity contribution >= 4 is 27.7 Å². The van der Waals surface area contributed by atoms with Crippen LogP contribution in [0, 0.1) is 6.92 Å². The van der Waals surface area contributed by atoms with Crippen molar-refractivity contribution in [2.45, 2.75) is 43.9 Å². The molecule has 0 radical (unpaired) electrons. The fourth-order valence-electron chi connectivity index (χ4n) is 2.84. The maximum absolute atomic E-state index is 13.0. The zero-order valence-corrected chi connectivity index (χ0v) is 15.6. The number of aryl methyl sites for hydroxylation is 1. The van der Waals surface area contributed by atoms with Crippen LogP contribution < -0.4 is 10.6 Å². The molecule has 1 aromatic rings. The Balaban J connectivity index is 2.13. The summed E-state index contributed by atoms with van der Waals surface area (Å²) in [5, 5.41) is 13.5. The van der Waals surface area contributed by atoms with E-state index in [4.69, 9.17) is 5.11 Å². The number of carboxylic acid groups (broad SMARTS) is 1. The van der Waals surface area contributed by atoms with Gasteiger partial charge < -0.3 is 15.7 Å². The van der Waals surface area contributed by atoms with Crippen LogP contribution in [-0.4, -0.2) is 49.5 Å². The van der Waals surface area contributed by atoms with Gasteiger partial charge in [0.05, 0.1) is 11.3 Å². The van der Waals surface area contributed by atoms with Crippen LogP contribution in [0.1, 0.15) is 37.7 Å².